The molecule has 8 heteroatoms. The number of nitro groups is 1. The zero-order chi connectivity index (χ0) is 17.5. The van der Waals surface area contributed by atoms with Gasteiger partial charge in [0, 0.05) is 30.3 Å². The molecule has 0 heterocycles. The first-order valence-electron chi connectivity index (χ1n) is 7.14. The number of carbonyl (C=O) groups excluding carboxylic acids is 2. The zero-order valence-electron chi connectivity index (χ0n) is 12.7. The Morgan fingerprint density at radius 1 is 1.04 bits per heavy atom. The lowest BCUT2D eigenvalue weighted by molar-refractivity contribution is -0.384. The number of hydrogen-bond acceptors (Lipinski definition) is 5. The minimum absolute atomic E-state index is 0.0598. The number of primary amides is 1. The van der Waals surface area contributed by atoms with E-state index in [0.717, 1.165) is 6.07 Å². The molecule has 124 valence electrons. The number of rotatable bonds is 7. The molecule has 2 aromatic rings. The monoisotopic (exact) mass is 328 g/mol. The number of carbonyl (C=O) groups is 2. The zero-order valence-corrected chi connectivity index (χ0v) is 12.7. The van der Waals surface area contributed by atoms with E-state index in [2.05, 4.69) is 10.6 Å². The smallest absolute Gasteiger partial charge is 0.293 e. The van der Waals surface area contributed by atoms with Crippen molar-refractivity contribution >= 4 is 23.2 Å². The Labute approximate surface area is 137 Å². The molecule has 2 amide bonds. The van der Waals surface area contributed by atoms with Gasteiger partial charge in [-0.1, -0.05) is 18.2 Å². The van der Waals surface area contributed by atoms with Gasteiger partial charge in [0.15, 0.2) is 0 Å². The number of amides is 2. The lowest BCUT2D eigenvalue weighted by Crippen LogP contribution is -2.28. The van der Waals surface area contributed by atoms with Gasteiger partial charge < -0.3 is 16.4 Å². The van der Waals surface area contributed by atoms with Crippen molar-refractivity contribution in [1.82, 2.24) is 5.32 Å². The van der Waals surface area contributed by atoms with Crippen molar-refractivity contribution < 1.29 is 14.5 Å². The van der Waals surface area contributed by atoms with Gasteiger partial charge in [0.1, 0.15) is 5.69 Å². The van der Waals surface area contributed by atoms with E-state index < -0.39 is 10.8 Å². The van der Waals surface area contributed by atoms with Gasteiger partial charge >= 0.3 is 0 Å². The van der Waals surface area contributed by atoms with Gasteiger partial charge in [-0.3, -0.25) is 19.7 Å². The van der Waals surface area contributed by atoms with Crippen molar-refractivity contribution in [3.63, 3.8) is 0 Å². The Kier molecular flexibility index (Phi) is 5.45. The summed E-state index contributed by atoms with van der Waals surface area (Å²) in [6.07, 6.45) is 0. The van der Waals surface area contributed by atoms with E-state index in [-0.39, 0.29) is 35.9 Å². The maximum absolute atomic E-state index is 11.9. The van der Waals surface area contributed by atoms with Crippen molar-refractivity contribution in [2.24, 2.45) is 5.73 Å². The molecule has 2 rings (SSSR count). The van der Waals surface area contributed by atoms with Gasteiger partial charge in [-0.05, 0) is 24.3 Å². The molecule has 0 unspecified atom stereocenters. The average molecular weight is 328 g/mol. The largest absolute Gasteiger partial charge is 0.378 e. The van der Waals surface area contributed by atoms with Crippen LogP contribution in [0.1, 0.15) is 20.7 Å². The highest BCUT2D eigenvalue weighted by Crippen LogP contribution is 2.25. The molecule has 0 saturated carbocycles. The molecule has 0 spiro atoms. The lowest BCUT2D eigenvalue weighted by atomic mass is 10.1. The van der Waals surface area contributed by atoms with Crippen LogP contribution in [0.4, 0.5) is 11.4 Å². The van der Waals surface area contributed by atoms with Gasteiger partial charge in [-0.25, -0.2) is 0 Å². The fourth-order valence-electron chi connectivity index (χ4n) is 2.05. The van der Waals surface area contributed by atoms with Crippen molar-refractivity contribution in [3.05, 3.63) is 69.8 Å². The number of benzene rings is 2. The molecule has 0 radical (unpaired) electrons. The van der Waals surface area contributed by atoms with E-state index in [0.29, 0.717) is 5.56 Å². The van der Waals surface area contributed by atoms with Crippen molar-refractivity contribution in [3.8, 4) is 0 Å². The molecule has 0 aliphatic carbocycles. The molecule has 0 aliphatic heterocycles. The summed E-state index contributed by atoms with van der Waals surface area (Å²) in [5, 5.41) is 16.6. The summed E-state index contributed by atoms with van der Waals surface area (Å²) in [5.41, 5.74) is 5.71. The Hall–Kier alpha value is -3.42. The second-order valence-corrected chi connectivity index (χ2v) is 4.90. The summed E-state index contributed by atoms with van der Waals surface area (Å²) in [4.78, 5) is 33.4. The van der Waals surface area contributed by atoms with Crippen LogP contribution < -0.4 is 16.4 Å². The Morgan fingerprint density at radius 3 is 2.38 bits per heavy atom. The van der Waals surface area contributed by atoms with E-state index in [4.69, 9.17) is 5.73 Å². The van der Waals surface area contributed by atoms with Crippen LogP contribution in [-0.4, -0.2) is 29.8 Å². The van der Waals surface area contributed by atoms with Crippen molar-refractivity contribution in [1.29, 1.82) is 0 Å². The quantitative estimate of drug-likeness (QED) is 0.403. The highest BCUT2D eigenvalue weighted by molar-refractivity contribution is 5.94. The van der Waals surface area contributed by atoms with Crippen LogP contribution in [0, 0.1) is 10.1 Å². The highest BCUT2D eigenvalue weighted by atomic mass is 16.6. The first-order chi connectivity index (χ1) is 11.5. The maximum atomic E-state index is 11.9. The average Bonchev–Trinajstić information content (AvgIpc) is 2.59. The molecule has 0 atom stereocenters. The van der Waals surface area contributed by atoms with Crippen LogP contribution in [0.5, 0.6) is 0 Å². The minimum Gasteiger partial charge on any atom is -0.378 e. The van der Waals surface area contributed by atoms with E-state index in [1.165, 1.54) is 12.1 Å². The number of nitrogens with two attached hydrogens (primary N) is 1. The second-order valence-electron chi connectivity index (χ2n) is 4.90. The second kappa shape index (κ2) is 7.73. The third kappa shape index (κ3) is 4.29. The van der Waals surface area contributed by atoms with Gasteiger partial charge in [-0.15, -0.1) is 0 Å². The van der Waals surface area contributed by atoms with Gasteiger partial charge in [0.05, 0.1) is 4.92 Å². The number of nitrogens with one attached hydrogen (secondary N) is 2. The fourth-order valence-corrected chi connectivity index (χ4v) is 2.05. The van der Waals surface area contributed by atoms with E-state index in [1.54, 1.807) is 24.3 Å². The molecule has 0 fully saturated rings. The molecule has 24 heavy (non-hydrogen) atoms. The summed E-state index contributed by atoms with van der Waals surface area (Å²) in [5.74, 6) is -0.962. The van der Waals surface area contributed by atoms with E-state index >= 15 is 0 Å². The molecule has 0 saturated heterocycles. The maximum Gasteiger partial charge on any atom is 0.293 e. The molecular weight excluding hydrogens is 312 g/mol. The number of anilines is 1. The SMILES string of the molecule is NC(=O)c1ccc(NCCNC(=O)c2ccccc2)c([N+](=O)[O-])c1. The Morgan fingerprint density at radius 2 is 1.75 bits per heavy atom. The fraction of sp³-hybridized carbons (Fsp3) is 0.125. The Bertz CT molecular complexity index is 762. The Balaban J connectivity index is 1.93. The molecule has 2 aromatic carbocycles. The molecule has 0 bridgehead atoms. The van der Waals surface area contributed by atoms with Crippen LogP contribution in [0.3, 0.4) is 0 Å². The molecule has 4 N–H and O–H groups in total. The predicted octanol–water partition coefficient (Wildman–Crippen LogP) is 1.54. The summed E-state index contributed by atoms with van der Waals surface area (Å²) < 4.78 is 0. The summed E-state index contributed by atoms with van der Waals surface area (Å²) >= 11 is 0. The third-order valence-electron chi connectivity index (χ3n) is 3.24. The van der Waals surface area contributed by atoms with Crippen molar-refractivity contribution in [2.75, 3.05) is 18.4 Å². The standard InChI is InChI=1S/C16H16N4O4/c17-15(21)12-6-7-13(14(10-12)20(23)24)18-8-9-19-16(22)11-4-2-1-3-5-11/h1-7,10,18H,8-9H2,(H2,17,21)(H,19,22). The summed E-state index contributed by atoms with van der Waals surface area (Å²) in [7, 11) is 0. The first-order valence-corrected chi connectivity index (χ1v) is 7.14. The lowest BCUT2D eigenvalue weighted by Gasteiger charge is -2.09. The number of nitro benzene ring substituents is 1. The normalized spacial score (nSPS) is 10.0. The topological polar surface area (TPSA) is 127 Å². The predicted molar refractivity (Wildman–Crippen MR) is 88.9 cm³/mol. The summed E-state index contributed by atoms with van der Waals surface area (Å²) in [6, 6.07) is 12.7. The van der Waals surface area contributed by atoms with Crippen molar-refractivity contribution in [2.45, 2.75) is 0 Å². The van der Waals surface area contributed by atoms with Crippen LogP contribution in [-0.2, 0) is 0 Å². The molecule has 8 nitrogen and oxygen atoms in total. The van der Waals surface area contributed by atoms with Gasteiger partial charge in [0.25, 0.3) is 11.6 Å². The number of nitrogens with zero attached hydrogens (tertiary/aromatic N) is 1. The third-order valence-corrected chi connectivity index (χ3v) is 3.24. The van der Waals surface area contributed by atoms with Crippen LogP contribution in [0.2, 0.25) is 0 Å². The van der Waals surface area contributed by atoms with E-state index in [9.17, 15) is 19.7 Å². The molecule has 0 aromatic heterocycles. The minimum atomic E-state index is -0.736. The van der Waals surface area contributed by atoms with Crippen LogP contribution in [0.15, 0.2) is 48.5 Å². The number of hydrogen-bond donors (Lipinski definition) is 3. The van der Waals surface area contributed by atoms with Crippen LogP contribution in [0.25, 0.3) is 0 Å². The van der Waals surface area contributed by atoms with Gasteiger partial charge in [0.2, 0.25) is 5.91 Å². The molecule has 0 aliphatic rings. The van der Waals surface area contributed by atoms with Gasteiger partial charge in [-0.2, -0.15) is 0 Å². The van der Waals surface area contributed by atoms with E-state index in [1.807, 2.05) is 6.07 Å². The highest BCUT2D eigenvalue weighted by Gasteiger charge is 2.16. The van der Waals surface area contributed by atoms with Crippen LogP contribution >= 0.6 is 0 Å². The first kappa shape index (κ1) is 16.9. The molecular formula is C16H16N4O4. The summed E-state index contributed by atoms with van der Waals surface area (Å²) in [6.45, 7) is 0.567.